The van der Waals surface area contributed by atoms with Crippen LogP contribution < -0.4 is 4.74 Å². The Bertz CT molecular complexity index is 904. The van der Waals surface area contributed by atoms with Crippen LogP contribution in [0.25, 0.3) is 11.6 Å². The molecule has 2 heterocycles. The molecule has 0 aliphatic carbocycles. The van der Waals surface area contributed by atoms with E-state index >= 15 is 0 Å². The third-order valence-electron chi connectivity index (χ3n) is 4.27. The predicted molar refractivity (Wildman–Crippen MR) is 111 cm³/mol. The lowest BCUT2D eigenvalue weighted by Gasteiger charge is -2.19. The maximum atomic E-state index is 5.38. The summed E-state index contributed by atoms with van der Waals surface area (Å²) in [5.74, 6) is 0.575. The van der Waals surface area contributed by atoms with Gasteiger partial charge in [0, 0.05) is 17.5 Å². The summed E-state index contributed by atoms with van der Waals surface area (Å²) in [4.78, 5) is 7.91. The van der Waals surface area contributed by atoms with Crippen LogP contribution in [-0.4, -0.2) is 17.1 Å². The Labute approximate surface area is 163 Å². The number of ether oxygens (including phenoxy) is 1. The Morgan fingerprint density at radius 3 is 2.38 bits per heavy atom. The summed E-state index contributed by atoms with van der Waals surface area (Å²) in [6.45, 7) is 6.66. The number of hydrogen-bond acceptors (Lipinski definition) is 2. The van der Waals surface area contributed by atoms with Crippen LogP contribution in [0.2, 0.25) is 0 Å². The SMILES string of the molecule is COc1nc(/C(=C/c2ccc[nH]2)c2ccc(C(C)(C)C)cc2)ccc1Br. The van der Waals surface area contributed by atoms with Gasteiger partial charge < -0.3 is 9.72 Å². The second-order valence-corrected chi connectivity index (χ2v) is 8.05. The van der Waals surface area contributed by atoms with Gasteiger partial charge in [-0.3, -0.25) is 0 Å². The van der Waals surface area contributed by atoms with Gasteiger partial charge in [-0.1, -0.05) is 45.0 Å². The molecule has 1 aromatic carbocycles. The molecule has 0 radical (unpaired) electrons. The van der Waals surface area contributed by atoms with Crippen molar-refractivity contribution in [3.05, 3.63) is 81.7 Å². The lowest BCUT2D eigenvalue weighted by atomic mass is 9.86. The van der Waals surface area contributed by atoms with Gasteiger partial charge in [0.25, 0.3) is 0 Å². The molecule has 0 saturated carbocycles. The van der Waals surface area contributed by atoms with Crippen LogP contribution in [0.1, 0.15) is 43.3 Å². The second-order valence-electron chi connectivity index (χ2n) is 7.20. The molecular formula is C22H23BrN2O. The summed E-state index contributed by atoms with van der Waals surface area (Å²) in [5.41, 5.74) is 5.48. The number of benzene rings is 1. The van der Waals surface area contributed by atoms with Crippen LogP contribution in [-0.2, 0) is 5.41 Å². The Kier molecular flexibility index (Phi) is 5.33. The van der Waals surface area contributed by atoms with Crippen molar-refractivity contribution in [3.8, 4) is 5.88 Å². The molecule has 0 atom stereocenters. The van der Waals surface area contributed by atoms with Gasteiger partial charge in [-0.05, 0) is 62.8 Å². The normalized spacial score (nSPS) is 12.3. The van der Waals surface area contributed by atoms with Gasteiger partial charge in [-0.2, -0.15) is 0 Å². The third-order valence-corrected chi connectivity index (χ3v) is 4.87. The molecule has 0 spiro atoms. The van der Waals surface area contributed by atoms with Crippen LogP contribution in [0.3, 0.4) is 0 Å². The number of aromatic amines is 1. The molecule has 0 amide bonds. The van der Waals surface area contributed by atoms with Crippen LogP contribution in [0.5, 0.6) is 5.88 Å². The number of H-pyrrole nitrogens is 1. The summed E-state index contributed by atoms with van der Waals surface area (Å²) in [7, 11) is 1.63. The first-order valence-corrected chi connectivity index (χ1v) is 9.34. The van der Waals surface area contributed by atoms with Crippen LogP contribution in [0.15, 0.2) is 59.2 Å². The number of hydrogen-bond donors (Lipinski definition) is 1. The molecule has 0 unspecified atom stereocenters. The monoisotopic (exact) mass is 410 g/mol. The lowest BCUT2D eigenvalue weighted by Crippen LogP contribution is -2.10. The van der Waals surface area contributed by atoms with Crippen molar-refractivity contribution in [3.63, 3.8) is 0 Å². The number of nitrogens with zero attached hydrogens (tertiary/aromatic N) is 1. The number of halogens is 1. The third kappa shape index (κ3) is 4.07. The zero-order chi connectivity index (χ0) is 18.7. The summed E-state index contributed by atoms with van der Waals surface area (Å²) in [5, 5.41) is 0. The van der Waals surface area contributed by atoms with E-state index in [0.717, 1.165) is 27.0 Å². The summed E-state index contributed by atoms with van der Waals surface area (Å²) in [6, 6.07) is 16.7. The number of rotatable bonds is 4. The van der Waals surface area contributed by atoms with Gasteiger partial charge in [-0.15, -0.1) is 0 Å². The van der Waals surface area contributed by atoms with Gasteiger partial charge in [0.1, 0.15) is 0 Å². The van der Waals surface area contributed by atoms with Gasteiger partial charge in [-0.25, -0.2) is 4.98 Å². The van der Waals surface area contributed by atoms with E-state index < -0.39 is 0 Å². The zero-order valence-corrected chi connectivity index (χ0v) is 17.1. The van der Waals surface area contributed by atoms with Crippen LogP contribution >= 0.6 is 15.9 Å². The van der Waals surface area contributed by atoms with Crippen molar-refractivity contribution in [1.29, 1.82) is 0 Å². The van der Waals surface area contributed by atoms with E-state index in [0.29, 0.717) is 5.88 Å². The molecule has 3 nitrogen and oxygen atoms in total. The quantitative estimate of drug-likeness (QED) is 0.566. The maximum Gasteiger partial charge on any atom is 0.228 e. The van der Waals surface area contributed by atoms with E-state index in [1.807, 2.05) is 30.5 Å². The average Bonchev–Trinajstić information content (AvgIpc) is 3.13. The predicted octanol–water partition coefficient (Wildman–Crippen LogP) is 6.07. The highest BCUT2D eigenvalue weighted by atomic mass is 79.9. The molecular weight excluding hydrogens is 388 g/mol. The van der Waals surface area contributed by atoms with Gasteiger partial charge in [0.05, 0.1) is 17.3 Å². The minimum absolute atomic E-state index is 0.126. The average molecular weight is 411 g/mol. The van der Waals surface area contributed by atoms with E-state index in [-0.39, 0.29) is 5.41 Å². The molecule has 0 fully saturated rings. The molecule has 2 aromatic heterocycles. The molecule has 1 N–H and O–H groups in total. The van der Waals surface area contributed by atoms with E-state index in [2.05, 4.69) is 77.0 Å². The lowest BCUT2D eigenvalue weighted by molar-refractivity contribution is 0.394. The first kappa shape index (κ1) is 18.5. The van der Waals surface area contributed by atoms with Gasteiger partial charge in [0.2, 0.25) is 5.88 Å². The largest absolute Gasteiger partial charge is 0.480 e. The fourth-order valence-corrected chi connectivity index (χ4v) is 3.14. The highest BCUT2D eigenvalue weighted by Gasteiger charge is 2.15. The van der Waals surface area contributed by atoms with Gasteiger partial charge in [0.15, 0.2) is 0 Å². The number of aromatic nitrogens is 2. The first-order chi connectivity index (χ1) is 12.4. The fourth-order valence-electron chi connectivity index (χ4n) is 2.76. The summed E-state index contributed by atoms with van der Waals surface area (Å²) < 4.78 is 6.22. The standard InChI is InChI=1S/C22H23BrN2O/c1-22(2,3)16-9-7-15(8-10-16)18(14-17-6-5-13-24-17)20-12-11-19(23)21(25-20)26-4/h5-14,24H,1-4H3/b18-14+. The molecule has 0 saturated heterocycles. The summed E-state index contributed by atoms with van der Waals surface area (Å²) in [6.07, 6.45) is 4.03. The highest BCUT2D eigenvalue weighted by molar-refractivity contribution is 9.10. The van der Waals surface area contributed by atoms with Crippen molar-refractivity contribution in [2.75, 3.05) is 7.11 Å². The Hall–Kier alpha value is -2.33. The molecule has 134 valence electrons. The highest BCUT2D eigenvalue weighted by Crippen LogP contribution is 2.31. The first-order valence-electron chi connectivity index (χ1n) is 8.55. The van der Waals surface area contributed by atoms with Crippen molar-refractivity contribution >= 4 is 27.6 Å². The fraction of sp³-hybridized carbons (Fsp3) is 0.227. The Morgan fingerprint density at radius 2 is 1.81 bits per heavy atom. The van der Waals surface area contributed by atoms with E-state index in [1.165, 1.54) is 5.56 Å². The van der Waals surface area contributed by atoms with E-state index in [1.54, 1.807) is 7.11 Å². The smallest absolute Gasteiger partial charge is 0.228 e. The van der Waals surface area contributed by atoms with E-state index in [4.69, 9.17) is 4.74 Å². The minimum Gasteiger partial charge on any atom is -0.480 e. The molecule has 26 heavy (non-hydrogen) atoms. The molecule has 4 heteroatoms. The minimum atomic E-state index is 0.126. The number of methoxy groups -OCH3 is 1. The van der Waals surface area contributed by atoms with Crippen LogP contribution in [0, 0.1) is 0 Å². The van der Waals surface area contributed by atoms with Crippen molar-refractivity contribution in [2.24, 2.45) is 0 Å². The van der Waals surface area contributed by atoms with Gasteiger partial charge >= 0.3 is 0 Å². The molecule has 0 bridgehead atoms. The van der Waals surface area contributed by atoms with Crippen LogP contribution in [0.4, 0.5) is 0 Å². The second kappa shape index (κ2) is 7.50. The Morgan fingerprint density at radius 1 is 1.08 bits per heavy atom. The zero-order valence-electron chi connectivity index (χ0n) is 15.5. The molecule has 0 aliphatic heterocycles. The van der Waals surface area contributed by atoms with Crippen molar-refractivity contribution in [1.82, 2.24) is 9.97 Å². The number of nitrogens with one attached hydrogen (secondary N) is 1. The molecule has 0 aliphatic rings. The number of pyridine rings is 1. The Balaban J connectivity index is 2.10. The van der Waals surface area contributed by atoms with Crippen molar-refractivity contribution in [2.45, 2.75) is 26.2 Å². The van der Waals surface area contributed by atoms with E-state index in [9.17, 15) is 0 Å². The molecule has 3 aromatic rings. The van der Waals surface area contributed by atoms with Crippen molar-refractivity contribution < 1.29 is 4.74 Å². The topological polar surface area (TPSA) is 37.9 Å². The summed E-state index contributed by atoms with van der Waals surface area (Å²) >= 11 is 3.47. The maximum absolute atomic E-state index is 5.38. The molecule has 3 rings (SSSR count).